The van der Waals surface area contributed by atoms with Gasteiger partial charge in [0, 0.05) is 6.07 Å². The average Bonchev–Trinajstić information content (AvgIpc) is 2.48. The van der Waals surface area contributed by atoms with Gasteiger partial charge in [-0.25, -0.2) is 0 Å². The van der Waals surface area contributed by atoms with Gasteiger partial charge in [-0.3, -0.25) is 0 Å². The molecular formula is C16H21N3O2. The summed E-state index contributed by atoms with van der Waals surface area (Å²) in [6, 6.07) is 11.7. The number of hydrogen-bond donors (Lipinski definition) is 1. The molecule has 112 valence electrons. The minimum Gasteiger partial charge on any atom is -0.491 e. The quantitative estimate of drug-likeness (QED) is 0.885. The summed E-state index contributed by atoms with van der Waals surface area (Å²) in [7, 11) is 3.47. The standard InChI is InChI=1S/C16H21N3O2/c1-11(2)21-13-7-5-6-12(10-13)16(17-3)14-8-9-15(20-4)19-18-14/h5-11,16-17H,1-4H3. The van der Waals surface area contributed by atoms with Crippen molar-refractivity contribution in [2.24, 2.45) is 0 Å². The van der Waals surface area contributed by atoms with Gasteiger partial charge in [-0.2, -0.15) is 0 Å². The maximum absolute atomic E-state index is 5.74. The summed E-state index contributed by atoms with van der Waals surface area (Å²) in [5.41, 5.74) is 1.91. The van der Waals surface area contributed by atoms with E-state index in [1.165, 1.54) is 0 Å². The molecule has 0 amide bonds. The van der Waals surface area contributed by atoms with Crippen LogP contribution in [0.25, 0.3) is 0 Å². The van der Waals surface area contributed by atoms with Crippen LogP contribution in [-0.2, 0) is 0 Å². The molecule has 0 fully saturated rings. The zero-order valence-electron chi connectivity index (χ0n) is 12.8. The second-order valence-corrected chi connectivity index (χ2v) is 4.96. The van der Waals surface area contributed by atoms with E-state index in [2.05, 4.69) is 15.5 Å². The fourth-order valence-corrected chi connectivity index (χ4v) is 2.12. The highest BCUT2D eigenvalue weighted by Gasteiger charge is 2.15. The molecule has 0 saturated heterocycles. The van der Waals surface area contributed by atoms with Crippen LogP contribution < -0.4 is 14.8 Å². The lowest BCUT2D eigenvalue weighted by atomic mass is 10.0. The van der Waals surface area contributed by atoms with Gasteiger partial charge in [-0.15, -0.1) is 10.2 Å². The zero-order chi connectivity index (χ0) is 15.2. The Labute approximate surface area is 125 Å². The van der Waals surface area contributed by atoms with Crippen molar-refractivity contribution in [1.29, 1.82) is 0 Å². The van der Waals surface area contributed by atoms with Crippen LogP contribution >= 0.6 is 0 Å². The van der Waals surface area contributed by atoms with Crippen molar-refractivity contribution in [3.05, 3.63) is 47.7 Å². The summed E-state index contributed by atoms with van der Waals surface area (Å²) in [6.07, 6.45) is 0.147. The van der Waals surface area contributed by atoms with E-state index >= 15 is 0 Å². The summed E-state index contributed by atoms with van der Waals surface area (Å²) in [6.45, 7) is 4.02. The third-order valence-electron chi connectivity index (χ3n) is 3.02. The molecule has 5 heteroatoms. The number of rotatable bonds is 6. The van der Waals surface area contributed by atoms with Crippen LogP contribution in [0, 0.1) is 0 Å². The Balaban J connectivity index is 2.27. The van der Waals surface area contributed by atoms with Crippen LogP contribution in [0.5, 0.6) is 11.6 Å². The SMILES string of the molecule is CNC(c1cccc(OC(C)C)c1)c1ccc(OC)nn1. The van der Waals surface area contributed by atoms with Crippen LogP contribution in [0.1, 0.15) is 31.1 Å². The number of nitrogens with zero attached hydrogens (tertiary/aromatic N) is 2. The third kappa shape index (κ3) is 3.92. The van der Waals surface area contributed by atoms with E-state index in [-0.39, 0.29) is 12.1 Å². The predicted molar refractivity (Wildman–Crippen MR) is 81.7 cm³/mol. The number of benzene rings is 1. The molecular weight excluding hydrogens is 266 g/mol. The number of aromatic nitrogens is 2. The van der Waals surface area contributed by atoms with Gasteiger partial charge in [0.2, 0.25) is 5.88 Å². The van der Waals surface area contributed by atoms with Crippen molar-refractivity contribution >= 4 is 0 Å². The fraction of sp³-hybridized carbons (Fsp3) is 0.375. The van der Waals surface area contributed by atoms with Gasteiger partial charge in [-0.05, 0) is 44.7 Å². The average molecular weight is 287 g/mol. The minimum atomic E-state index is -0.0425. The lowest BCUT2D eigenvalue weighted by Gasteiger charge is -2.17. The van der Waals surface area contributed by atoms with Gasteiger partial charge in [0.05, 0.1) is 24.9 Å². The monoisotopic (exact) mass is 287 g/mol. The van der Waals surface area contributed by atoms with Gasteiger partial charge in [0.25, 0.3) is 0 Å². The summed E-state index contributed by atoms with van der Waals surface area (Å²) in [5, 5.41) is 11.5. The number of ether oxygens (including phenoxy) is 2. The first-order valence-corrected chi connectivity index (χ1v) is 6.95. The van der Waals surface area contributed by atoms with E-state index in [1.54, 1.807) is 13.2 Å². The van der Waals surface area contributed by atoms with E-state index in [9.17, 15) is 0 Å². The first-order valence-electron chi connectivity index (χ1n) is 6.95. The second kappa shape index (κ2) is 7.04. The number of methoxy groups -OCH3 is 1. The van der Waals surface area contributed by atoms with Crippen molar-refractivity contribution in [2.75, 3.05) is 14.2 Å². The van der Waals surface area contributed by atoms with Gasteiger partial charge < -0.3 is 14.8 Å². The molecule has 1 N–H and O–H groups in total. The van der Waals surface area contributed by atoms with E-state index in [1.807, 2.05) is 51.2 Å². The molecule has 5 nitrogen and oxygen atoms in total. The molecule has 21 heavy (non-hydrogen) atoms. The molecule has 0 saturated carbocycles. The third-order valence-corrected chi connectivity index (χ3v) is 3.02. The predicted octanol–water partition coefficient (Wildman–Crippen LogP) is 2.58. The molecule has 1 aromatic heterocycles. The molecule has 1 heterocycles. The maximum atomic E-state index is 5.74. The molecule has 0 bridgehead atoms. The van der Waals surface area contributed by atoms with E-state index in [4.69, 9.17) is 9.47 Å². The highest BCUT2D eigenvalue weighted by atomic mass is 16.5. The van der Waals surface area contributed by atoms with E-state index in [0.29, 0.717) is 5.88 Å². The second-order valence-electron chi connectivity index (χ2n) is 4.96. The van der Waals surface area contributed by atoms with Crippen LogP contribution in [-0.4, -0.2) is 30.5 Å². The van der Waals surface area contributed by atoms with Crippen molar-refractivity contribution in [1.82, 2.24) is 15.5 Å². The lowest BCUT2D eigenvalue weighted by molar-refractivity contribution is 0.242. The summed E-state index contributed by atoms with van der Waals surface area (Å²) in [5.74, 6) is 1.36. The Kier molecular flexibility index (Phi) is 5.11. The molecule has 2 rings (SSSR count). The minimum absolute atomic E-state index is 0.0425. The Morgan fingerprint density at radius 2 is 1.90 bits per heavy atom. The van der Waals surface area contributed by atoms with E-state index < -0.39 is 0 Å². The summed E-state index contributed by atoms with van der Waals surface area (Å²) in [4.78, 5) is 0. The smallest absolute Gasteiger partial charge is 0.233 e. The topological polar surface area (TPSA) is 56.3 Å². The molecule has 2 aromatic rings. The number of hydrogen-bond acceptors (Lipinski definition) is 5. The molecule has 1 unspecified atom stereocenters. The number of nitrogens with one attached hydrogen (secondary N) is 1. The highest BCUT2D eigenvalue weighted by Crippen LogP contribution is 2.24. The van der Waals surface area contributed by atoms with Gasteiger partial charge >= 0.3 is 0 Å². The van der Waals surface area contributed by atoms with Crippen molar-refractivity contribution < 1.29 is 9.47 Å². The molecule has 1 aromatic carbocycles. The summed E-state index contributed by atoms with van der Waals surface area (Å²) < 4.78 is 10.8. The lowest BCUT2D eigenvalue weighted by Crippen LogP contribution is -2.19. The summed E-state index contributed by atoms with van der Waals surface area (Å²) >= 11 is 0. The van der Waals surface area contributed by atoms with Crippen LogP contribution in [0.15, 0.2) is 36.4 Å². The van der Waals surface area contributed by atoms with Crippen molar-refractivity contribution in [3.8, 4) is 11.6 Å². The fourth-order valence-electron chi connectivity index (χ4n) is 2.12. The molecule has 0 aliphatic heterocycles. The van der Waals surface area contributed by atoms with Crippen LogP contribution in [0.3, 0.4) is 0 Å². The molecule has 0 radical (unpaired) electrons. The maximum Gasteiger partial charge on any atom is 0.233 e. The first kappa shape index (κ1) is 15.3. The van der Waals surface area contributed by atoms with Crippen molar-refractivity contribution in [3.63, 3.8) is 0 Å². The van der Waals surface area contributed by atoms with Crippen LogP contribution in [0.2, 0.25) is 0 Å². The van der Waals surface area contributed by atoms with Crippen LogP contribution in [0.4, 0.5) is 0 Å². The largest absolute Gasteiger partial charge is 0.491 e. The van der Waals surface area contributed by atoms with Gasteiger partial charge in [-0.1, -0.05) is 12.1 Å². The molecule has 0 aliphatic carbocycles. The Hall–Kier alpha value is -2.14. The molecule has 0 spiro atoms. The zero-order valence-corrected chi connectivity index (χ0v) is 12.8. The Bertz CT molecular complexity index is 570. The van der Waals surface area contributed by atoms with Gasteiger partial charge in [0.1, 0.15) is 5.75 Å². The van der Waals surface area contributed by atoms with Gasteiger partial charge in [0.15, 0.2) is 0 Å². The van der Waals surface area contributed by atoms with E-state index in [0.717, 1.165) is 17.0 Å². The Morgan fingerprint density at radius 1 is 1.10 bits per heavy atom. The Morgan fingerprint density at radius 3 is 2.48 bits per heavy atom. The molecule has 1 atom stereocenters. The molecule has 0 aliphatic rings. The first-order chi connectivity index (χ1) is 10.1. The highest BCUT2D eigenvalue weighted by molar-refractivity contribution is 5.34. The van der Waals surface area contributed by atoms with Crippen molar-refractivity contribution in [2.45, 2.75) is 26.0 Å². The normalized spacial score (nSPS) is 12.2.